The van der Waals surface area contributed by atoms with Crippen molar-refractivity contribution in [3.63, 3.8) is 0 Å². The van der Waals surface area contributed by atoms with Crippen molar-refractivity contribution in [2.24, 2.45) is 5.92 Å². The minimum atomic E-state index is -0.209. The summed E-state index contributed by atoms with van der Waals surface area (Å²) in [6.07, 6.45) is 14.6. The van der Waals surface area contributed by atoms with Gasteiger partial charge in [-0.3, -0.25) is 9.59 Å². The molecule has 0 aliphatic rings. The number of esters is 2. The van der Waals surface area contributed by atoms with E-state index < -0.39 is 0 Å². The van der Waals surface area contributed by atoms with Gasteiger partial charge in [0.25, 0.3) is 0 Å². The molecule has 0 N–H and O–H groups in total. The molecule has 0 spiro atoms. The lowest BCUT2D eigenvalue weighted by Crippen LogP contribution is -2.12. The van der Waals surface area contributed by atoms with Gasteiger partial charge in [-0.25, -0.2) is 0 Å². The first kappa shape index (κ1) is 24.9. The summed E-state index contributed by atoms with van der Waals surface area (Å²) in [6, 6.07) is 0. The summed E-state index contributed by atoms with van der Waals surface area (Å²) in [4.78, 5) is 23.2. The van der Waals surface area contributed by atoms with Gasteiger partial charge in [0, 0.05) is 12.8 Å². The van der Waals surface area contributed by atoms with Crippen LogP contribution in [0.2, 0.25) is 0 Å². The molecule has 0 aliphatic heterocycles. The molecule has 0 rings (SSSR count). The summed E-state index contributed by atoms with van der Waals surface area (Å²) in [7, 11) is 0. The van der Waals surface area contributed by atoms with Crippen LogP contribution in [0.3, 0.4) is 0 Å². The second kappa shape index (κ2) is 18.7. The number of ether oxygens (including phenoxy) is 2. The number of carbonyl (C=O) groups is 2. The third-order valence-electron chi connectivity index (χ3n) is 4.58. The fourth-order valence-corrected chi connectivity index (χ4v) is 2.93. The maximum atomic E-state index is 11.6. The first-order valence-corrected chi connectivity index (χ1v) is 10.9. The molecule has 26 heavy (non-hydrogen) atoms. The molecule has 0 aromatic heterocycles. The van der Waals surface area contributed by atoms with Crippen molar-refractivity contribution < 1.29 is 19.1 Å². The molecule has 4 heteroatoms. The Hall–Kier alpha value is -1.06. The third kappa shape index (κ3) is 17.8. The largest absolute Gasteiger partial charge is 0.466 e. The highest BCUT2D eigenvalue weighted by Crippen LogP contribution is 2.10. The minimum Gasteiger partial charge on any atom is -0.466 e. The lowest BCUT2D eigenvalue weighted by Gasteiger charge is -2.10. The maximum absolute atomic E-state index is 11.6. The van der Waals surface area contributed by atoms with Crippen LogP contribution in [0.25, 0.3) is 0 Å². The molecule has 1 atom stereocenters. The lowest BCUT2D eigenvalue weighted by atomic mass is 10.1. The number of hydrogen-bond acceptors (Lipinski definition) is 4. The van der Waals surface area contributed by atoms with Gasteiger partial charge in [0.1, 0.15) is 0 Å². The van der Waals surface area contributed by atoms with E-state index in [1.165, 1.54) is 44.9 Å². The Balaban J connectivity index is 3.37. The molecule has 4 nitrogen and oxygen atoms in total. The highest BCUT2D eigenvalue weighted by atomic mass is 16.5. The fourth-order valence-electron chi connectivity index (χ4n) is 2.93. The van der Waals surface area contributed by atoms with Crippen LogP contribution in [-0.2, 0) is 19.1 Å². The standard InChI is InChI=1S/C22H42O4/c1-4-6-7-8-9-10-11-12-13-18-25-21(23)16-14-17-22(24)26-19-20(3)15-5-2/h20H,4-19H2,1-3H3. The molecular formula is C22H42O4. The van der Waals surface area contributed by atoms with Gasteiger partial charge in [0.15, 0.2) is 0 Å². The van der Waals surface area contributed by atoms with Crippen molar-refractivity contribution in [3.8, 4) is 0 Å². The van der Waals surface area contributed by atoms with Gasteiger partial charge in [-0.1, -0.05) is 78.6 Å². The zero-order chi connectivity index (χ0) is 19.5. The molecule has 0 aromatic carbocycles. The number of unbranched alkanes of at least 4 members (excludes halogenated alkanes) is 8. The van der Waals surface area contributed by atoms with E-state index in [9.17, 15) is 9.59 Å². The van der Waals surface area contributed by atoms with Crippen molar-refractivity contribution in [1.29, 1.82) is 0 Å². The molecular weight excluding hydrogens is 328 g/mol. The normalized spacial score (nSPS) is 12.0. The molecule has 0 saturated carbocycles. The zero-order valence-corrected chi connectivity index (χ0v) is 17.5. The Morgan fingerprint density at radius 2 is 1.23 bits per heavy atom. The highest BCUT2D eigenvalue weighted by Gasteiger charge is 2.09. The van der Waals surface area contributed by atoms with Gasteiger partial charge in [-0.05, 0) is 25.2 Å². The first-order chi connectivity index (χ1) is 12.6. The van der Waals surface area contributed by atoms with E-state index in [1.807, 2.05) is 0 Å². The van der Waals surface area contributed by atoms with Gasteiger partial charge in [-0.15, -0.1) is 0 Å². The van der Waals surface area contributed by atoms with E-state index >= 15 is 0 Å². The van der Waals surface area contributed by atoms with Gasteiger partial charge in [0.05, 0.1) is 13.2 Å². The van der Waals surface area contributed by atoms with E-state index in [-0.39, 0.29) is 11.9 Å². The summed E-state index contributed by atoms with van der Waals surface area (Å²) in [5, 5.41) is 0. The Kier molecular flexibility index (Phi) is 18.0. The molecule has 0 saturated heterocycles. The second-order valence-corrected chi connectivity index (χ2v) is 7.48. The van der Waals surface area contributed by atoms with Gasteiger partial charge in [0.2, 0.25) is 0 Å². The van der Waals surface area contributed by atoms with Crippen LogP contribution >= 0.6 is 0 Å². The predicted molar refractivity (Wildman–Crippen MR) is 107 cm³/mol. The highest BCUT2D eigenvalue weighted by molar-refractivity contribution is 5.72. The van der Waals surface area contributed by atoms with E-state index in [2.05, 4.69) is 20.8 Å². The van der Waals surface area contributed by atoms with Crippen molar-refractivity contribution in [2.75, 3.05) is 13.2 Å². The van der Waals surface area contributed by atoms with Crippen molar-refractivity contribution in [3.05, 3.63) is 0 Å². The summed E-state index contributed by atoms with van der Waals surface area (Å²) in [6.45, 7) is 7.44. The Bertz CT molecular complexity index is 341. The Morgan fingerprint density at radius 3 is 1.81 bits per heavy atom. The summed E-state index contributed by atoms with van der Waals surface area (Å²) in [5.74, 6) is 0.00154. The minimum absolute atomic E-state index is 0.197. The molecule has 0 aromatic rings. The lowest BCUT2D eigenvalue weighted by molar-refractivity contribution is -0.146. The van der Waals surface area contributed by atoms with Crippen molar-refractivity contribution in [2.45, 2.75) is 111 Å². The Labute approximate surface area is 161 Å². The fraction of sp³-hybridized carbons (Fsp3) is 0.909. The van der Waals surface area contributed by atoms with Crippen LogP contribution in [0, 0.1) is 5.92 Å². The SMILES string of the molecule is CCCCCCCCCCCOC(=O)CCCC(=O)OCC(C)CCC. The average molecular weight is 371 g/mol. The van der Waals surface area contributed by atoms with E-state index in [1.54, 1.807) is 0 Å². The molecule has 0 fully saturated rings. The molecule has 0 bridgehead atoms. The van der Waals surface area contributed by atoms with Crippen molar-refractivity contribution in [1.82, 2.24) is 0 Å². The quantitative estimate of drug-likeness (QED) is 0.212. The smallest absolute Gasteiger partial charge is 0.305 e. The van der Waals surface area contributed by atoms with Crippen molar-refractivity contribution >= 4 is 11.9 Å². The van der Waals surface area contributed by atoms with Gasteiger partial charge < -0.3 is 9.47 Å². The molecule has 154 valence electrons. The molecule has 0 aliphatic carbocycles. The van der Waals surface area contributed by atoms with Gasteiger partial charge >= 0.3 is 11.9 Å². The molecule has 0 radical (unpaired) electrons. The van der Waals surface area contributed by atoms with Crippen LogP contribution in [0.5, 0.6) is 0 Å². The zero-order valence-electron chi connectivity index (χ0n) is 17.5. The third-order valence-corrected chi connectivity index (χ3v) is 4.58. The molecule has 1 unspecified atom stereocenters. The number of hydrogen-bond donors (Lipinski definition) is 0. The number of rotatable bonds is 18. The first-order valence-electron chi connectivity index (χ1n) is 10.9. The van der Waals surface area contributed by atoms with Crippen LogP contribution in [0.4, 0.5) is 0 Å². The van der Waals surface area contributed by atoms with Crippen LogP contribution < -0.4 is 0 Å². The maximum Gasteiger partial charge on any atom is 0.305 e. The average Bonchev–Trinajstić information content (AvgIpc) is 2.62. The van der Waals surface area contributed by atoms with Crippen LogP contribution in [-0.4, -0.2) is 25.2 Å². The topological polar surface area (TPSA) is 52.6 Å². The second-order valence-electron chi connectivity index (χ2n) is 7.48. The molecule has 0 amide bonds. The summed E-state index contributed by atoms with van der Waals surface area (Å²) in [5.41, 5.74) is 0. The Morgan fingerprint density at radius 1 is 0.692 bits per heavy atom. The summed E-state index contributed by atoms with van der Waals surface area (Å²) >= 11 is 0. The predicted octanol–water partition coefficient (Wildman–Crippen LogP) is 6.21. The van der Waals surface area contributed by atoms with E-state index in [4.69, 9.17) is 9.47 Å². The van der Waals surface area contributed by atoms with Gasteiger partial charge in [-0.2, -0.15) is 0 Å². The van der Waals surface area contributed by atoms with E-state index in [0.29, 0.717) is 38.4 Å². The van der Waals surface area contributed by atoms with Crippen LogP contribution in [0.15, 0.2) is 0 Å². The summed E-state index contributed by atoms with van der Waals surface area (Å²) < 4.78 is 10.4. The molecule has 0 heterocycles. The van der Waals surface area contributed by atoms with E-state index in [0.717, 1.165) is 25.7 Å². The van der Waals surface area contributed by atoms with Crippen LogP contribution in [0.1, 0.15) is 111 Å². The number of carbonyl (C=O) groups excluding carboxylic acids is 2. The monoisotopic (exact) mass is 370 g/mol.